The van der Waals surface area contributed by atoms with Gasteiger partial charge in [-0.15, -0.1) is 0 Å². The van der Waals surface area contributed by atoms with Crippen molar-refractivity contribution in [2.24, 2.45) is 5.73 Å². The highest BCUT2D eigenvalue weighted by Gasteiger charge is 2.26. The summed E-state index contributed by atoms with van der Waals surface area (Å²) in [5, 5.41) is 0. The molecule has 1 amide bonds. The van der Waals surface area contributed by atoms with Gasteiger partial charge in [0.15, 0.2) is 0 Å². The van der Waals surface area contributed by atoms with E-state index >= 15 is 0 Å². The first-order valence-electron chi connectivity index (χ1n) is 5.31. The van der Waals surface area contributed by atoms with Crippen molar-refractivity contribution in [1.82, 2.24) is 0 Å². The molecule has 6 heteroatoms. The second kappa shape index (κ2) is 5.29. The molecule has 0 aromatic heterocycles. The molecule has 0 radical (unpaired) electrons. The average Bonchev–Trinajstić information content (AvgIpc) is 2.13. The van der Waals surface area contributed by atoms with Crippen molar-refractivity contribution in [3.8, 4) is 5.75 Å². The standard InChI is InChI=1S/C12H14F3NO2/c1-7-5-9(18-4-3-12(13,14)15)6-8(2)10(7)11(16)17/h5-6H,3-4H2,1-2H3,(H2,16,17). The van der Waals surface area contributed by atoms with E-state index in [9.17, 15) is 18.0 Å². The minimum atomic E-state index is -4.24. The van der Waals surface area contributed by atoms with Gasteiger partial charge in [0.25, 0.3) is 0 Å². The molecule has 3 nitrogen and oxygen atoms in total. The molecule has 0 heterocycles. The molecule has 0 bridgehead atoms. The molecular formula is C12H14F3NO2. The Hall–Kier alpha value is -1.72. The Morgan fingerprint density at radius 2 is 1.78 bits per heavy atom. The summed E-state index contributed by atoms with van der Waals surface area (Å²) in [5.41, 5.74) is 6.74. The Balaban J connectivity index is 2.78. The van der Waals surface area contributed by atoms with Crippen LogP contribution in [-0.4, -0.2) is 18.7 Å². The average molecular weight is 261 g/mol. The summed E-state index contributed by atoms with van der Waals surface area (Å²) in [4.78, 5) is 11.1. The van der Waals surface area contributed by atoms with Crippen LogP contribution >= 0.6 is 0 Å². The molecule has 0 saturated carbocycles. The second-order valence-corrected chi connectivity index (χ2v) is 4.01. The molecular weight excluding hydrogens is 247 g/mol. The highest BCUT2D eigenvalue weighted by molar-refractivity contribution is 5.96. The van der Waals surface area contributed by atoms with Crippen LogP contribution in [0.5, 0.6) is 5.75 Å². The van der Waals surface area contributed by atoms with Gasteiger partial charge in [-0.2, -0.15) is 13.2 Å². The van der Waals surface area contributed by atoms with Gasteiger partial charge in [-0.05, 0) is 37.1 Å². The molecule has 0 atom stereocenters. The molecule has 0 aliphatic carbocycles. The lowest BCUT2D eigenvalue weighted by Gasteiger charge is -2.12. The maximum absolute atomic E-state index is 11.9. The first-order chi connectivity index (χ1) is 8.20. The van der Waals surface area contributed by atoms with E-state index < -0.39 is 25.1 Å². The molecule has 1 aromatic carbocycles. The van der Waals surface area contributed by atoms with Crippen LogP contribution in [-0.2, 0) is 0 Å². The van der Waals surface area contributed by atoms with Crippen LogP contribution in [0.25, 0.3) is 0 Å². The lowest BCUT2D eigenvalue weighted by atomic mass is 10.0. The number of amides is 1. The zero-order valence-corrected chi connectivity index (χ0v) is 10.1. The van der Waals surface area contributed by atoms with Crippen molar-refractivity contribution in [3.05, 3.63) is 28.8 Å². The van der Waals surface area contributed by atoms with Crippen molar-refractivity contribution < 1.29 is 22.7 Å². The number of ether oxygens (including phenoxy) is 1. The van der Waals surface area contributed by atoms with Crippen molar-refractivity contribution in [1.29, 1.82) is 0 Å². The van der Waals surface area contributed by atoms with Crippen LogP contribution < -0.4 is 10.5 Å². The molecule has 18 heavy (non-hydrogen) atoms. The zero-order chi connectivity index (χ0) is 13.9. The molecule has 0 aliphatic heterocycles. The van der Waals surface area contributed by atoms with Crippen molar-refractivity contribution in [2.75, 3.05) is 6.61 Å². The molecule has 1 aromatic rings. The summed E-state index contributed by atoms with van der Waals surface area (Å²) >= 11 is 0. The predicted molar refractivity (Wildman–Crippen MR) is 60.6 cm³/mol. The van der Waals surface area contributed by atoms with Gasteiger partial charge in [-0.25, -0.2) is 0 Å². The third-order valence-corrected chi connectivity index (χ3v) is 2.41. The Kier molecular flexibility index (Phi) is 4.21. The fourth-order valence-corrected chi connectivity index (χ4v) is 1.68. The molecule has 100 valence electrons. The van der Waals surface area contributed by atoms with E-state index in [1.165, 1.54) is 12.1 Å². The molecule has 2 N–H and O–H groups in total. The maximum atomic E-state index is 11.9. The van der Waals surface area contributed by atoms with Gasteiger partial charge in [0, 0.05) is 5.56 Å². The quantitative estimate of drug-likeness (QED) is 0.906. The Morgan fingerprint density at radius 1 is 1.28 bits per heavy atom. The van der Waals surface area contributed by atoms with Gasteiger partial charge in [-0.1, -0.05) is 0 Å². The third kappa shape index (κ3) is 3.94. The number of carbonyl (C=O) groups is 1. The van der Waals surface area contributed by atoms with E-state index in [4.69, 9.17) is 10.5 Å². The number of nitrogens with two attached hydrogens (primary N) is 1. The number of alkyl halides is 3. The van der Waals surface area contributed by atoms with E-state index in [2.05, 4.69) is 0 Å². The summed E-state index contributed by atoms with van der Waals surface area (Å²) in [6.45, 7) is 2.87. The van der Waals surface area contributed by atoms with Crippen molar-refractivity contribution in [2.45, 2.75) is 26.4 Å². The van der Waals surface area contributed by atoms with Gasteiger partial charge in [0.1, 0.15) is 5.75 Å². The fraction of sp³-hybridized carbons (Fsp3) is 0.417. The molecule has 0 spiro atoms. The molecule has 0 unspecified atom stereocenters. The van der Waals surface area contributed by atoms with Crippen LogP contribution in [0.2, 0.25) is 0 Å². The summed E-state index contributed by atoms with van der Waals surface area (Å²) in [7, 11) is 0. The smallest absolute Gasteiger partial charge is 0.392 e. The predicted octanol–water partition coefficient (Wildman–Crippen LogP) is 2.73. The van der Waals surface area contributed by atoms with Gasteiger partial charge in [-0.3, -0.25) is 4.79 Å². The van der Waals surface area contributed by atoms with Gasteiger partial charge < -0.3 is 10.5 Å². The number of carbonyl (C=O) groups excluding carboxylic acids is 1. The van der Waals surface area contributed by atoms with Crippen LogP contribution in [0.15, 0.2) is 12.1 Å². The third-order valence-electron chi connectivity index (χ3n) is 2.41. The fourth-order valence-electron chi connectivity index (χ4n) is 1.68. The Bertz CT molecular complexity index is 432. The number of hydrogen-bond acceptors (Lipinski definition) is 2. The number of halogens is 3. The van der Waals surface area contributed by atoms with E-state index in [1.807, 2.05) is 0 Å². The van der Waals surface area contributed by atoms with Crippen molar-refractivity contribution in [3.63, 3.8) is 0 Å². The minimum absolute atomic E-state index is 0.305. The first-order valence-corrected chi connectivity index (χ1v) is 5.31. The summed E-state index contributed by atoms with van der Waals surface area (Å²) in [6.07, 6.45) is -5.25. The highest BCUT2D eigenvalue weighted by atomic mass is 19.4. The summed E-state index contributed by atoms with van der Waals surface area (Å²) in [5.74, 6) is -0.258. The van der Waals surface area contributed by atoms with E-state index in [1.54, 1.807) is 13.8 Å². The van der Waals surface area contributed by atoms with E-state index in [-0.39, 0.29) is 0 Å². The van der Waals surface area contributed by atoms with Gasteiger partial charge >= 0.3 is 6.18 Å². The van der Waals surface area contributed by atoms with Crippen LogP contribution in [0.3, 0.4) is 0 Å². The number of benzene rings is 1. The van der Waals surface area contributed by atoms with E-state index in [0.717, 1.165) is 0 Å². The first kappa shape index (κ1) is 14.3. The zero-order valence-electron chi connectivity index (χ0n) is 10.1. The number of primary amides is 1. The van der Waals surface area contributed by atoms with Crippen LogP contribution in [0, 0.1) is 13.8 Å². The topological polar surface area (TPSA) is 52.3 Å². The SMILES string of the molecule is Cc1cc(OCCC(F)(F)F)cc(C)c1C(N)=O. The summed E-state index contributed by atoms with van der Waals surface area (Å²) < 4.78 is 40.8. The van der Waals surface area contributed by atoms with E-state index in [0.29, 0.717) is 22.4 Å². The highest BCUT2D eigenvalue weighted by Crippen LogP contribution is 2.23. The Labute approximate surface area is 103 Å². The number of hydrogen-bond donors (Lipinski definition) is 1. The molecule has 0 fully saturated rings. The lowest BCUT2D eigenvalue weighted by molar-refractivity contribution is -0.139. The number of aryl methyl sites for hydroxylation is 2. The largest absolute Gasteiger partial charge is 0.493 e. The normalized spacial score (nSPS) is 11.4. The van der Waals surface area contributed by atoms with Gasteiger partial charge in [0.05, 0.1) is 13.0 Å². The van der Waals surface area contributed by atoms with Crippen LogP contribution in [0.1, 0.15) is 27.9 Å². The van der Waals surface area contributed by atoms with Gasteiger partial charge in [0.2, 0.25) is 5.91 Å². The number of rotatable bonds is 4. The lowest BCUT2D eigenvalue weighted by Crippen LogP contribution is -2.15. The monoisotopic (exact) mass is 261 g/mol. The second-order valence-electron chi connectivity index (χ2n) is 4.01. The summed E-state index contributed by atoms with van der Waals surface area (Å²) in [6, 6.07) is 3.01. The molecule has 0 aliphatic rings. The van der Waals surface area contributed by atoms with Crippen LogP contribution in [0.4, 0.5) is 13.2 Å². The van der Waals surface area contributed by atoms with Crippen molar-refractivity contribution >= 4 is 5.91 Å². The maximum Gasteiger partial charge on any atom is 0.392 e. The Morgan fingerprint density at radius 3 is 2.17 bits per heavy atom. The molecule has 0 saturated heterocycles. The molecule has 1 rings (SSSR count). The minimum Gasteiger partial charge on any atom is -0.493 e.